The van der Waals surface area contributed by atoms with Crippen LogP contribution in [0.2, 0.25) is 5.02 Å². The van der Waals surface area contributed by atoms with E-state index in [0.29, 0.717) is 17.2 Å². The standard InChI is InChI=1S/C14H12ClFO/c1-10-7-8-12(15)14(13(10)16)17-9-11-5-3-2-4-6-11/h2-8H,9H2,1H3. The molecule has 88 valence electrons. The Bertz CT molecular complexity index is 511. The van der Waals surface area contributed by atoms with Crippen molar-refractivity contribution in [2.75, 3.05) is 0 Å². The Morgan fingerprint density at radius 3 is 2.53 bits per heavy atom. The number of hydrogen-bond donors (Lipinski definition) is 0. The van der Waals surface area contributed by atoms with Crippen LogP contribution in [-0.2, 0) is 6.61 Å². The normalized spacial score (nSPS) is 10.3. The molecule has 2 aromatic rings. The fraction of sp³-hybridized carbons (Fsp3) is 0.143. The Kier molecular flexibility index (Phi) is 3.64. The van der Waals surface area contributed by atoms with Crippen molar-refractivity contribution in [3.8, 4) is 5.75 Å². The van der Waals surface area contributed by atoms with E-state index in [9.17, 15) is 4.39 Å². The number of rotatable bonds is 3. The van der Waals surface area contributed by atoms with Crippen molar-refractivity contribution in [2.24, 2.45) is 0 Å². The number of halogens is 2. The zero-order valence-electron chi connectivity index (χ0n) is 9.41. The van der Waals surface area contributed by atoms with E-state index in [4.69, 9.17) is 16.3 Å². The zero-order valence-corrected chi connectivity index (χ0v) is 10.2. The van der Waals surface area contributed by atoms with Crippen molar-refractivity contribution in [3.05, 3.63) is 64.4 Å². The van der Waals surface area contributed by atoms with Crippen LogP contribution in [0, 0.1) is 12.7 Å². The molecule has 0 saturated carbocycles. The van der Waals surface area contributed by atoms with Gasteiger partial charge in [-0.05, 0) is 24.1 Å². The summed E-state index contributed by atoms with van der Waals surface area (Å²) in [5, 5.41) is 0.295. The van der Waals surface area contributed by atoms with Crippen LogP contribution in [0.3, 0.4) is 0 Å². The minimum atomic E-state index is -0.395. The van der Waals surface area contributed by atoms with E-state index in [2.05, 4.69) is 0 Å². The second-order valence-electron chi connectivity index (χ2n) is 3.78. The van der Waals surface area contributed by atoms with E-state index in [1.54, 1.807) is 19.1 Å². The topological polar surface area (TPSA) is 9.23 Å². The molecule has 0 bridgehead atoms. The van der Waals surface area contributed by atoms with E-state index in [0.717, 1.165) is 5.56 Å². The van der Waals surface area contributed by atoms with E-state index in [-0.39, 0.29) is 5.75 Å². The van der Waals surface area contributed by atoms with Gasteiger partial charge in [0.05, 0.1) is 5.02 Å². The van der Waals surface area contributed by atoms with Gasteiger partial charge in [0.2, 0.25) is 0 Å². The maximum atomic E-state index is 13.8. The third kappa shape index (κ3) is 2.77. The Balaban J connectivity index is 2.17. The molecule has 0 saturated heterocycles. The van der Waals surface area contributed by atoms with Gasteiger partial charge in [0.15, 0.2) is 11.6 Å². The first kappa shape index (κ1) is 11.9. The molecule has 17 heavy (non-hydrogen) atoms. The SMILES string of the molecule is Cc1ccc(Cl)c(OCc2ccccc2)c1F. The molecule has 0 aliphatic rings. The lowest BCUT2D eigenvalue weighted by atomic mass is 10.2. The predicted molar refractivity (Wildman–Crippen MR) is 66.9 cm³/mol. The molecule has 0 unspecified atom stereocenters. The Labute approximate surface area is 105 Å². The van der Waals surface area contributed by atoms with Gasteiger partial charge in [-0.25, -0.2) is 4.39 Å². The summed E-state index contributed by atoms with van der Waals surface area (Å²) in [5.41, 5.74) is 1.50. The summed E-state index contributed by atoms with van der Waals surface area (Å²) in [6.45, 7) is 1.99. The summed E-state index contributed by atoms with van der Waals surface area (Å²) < 4.78 is 19.2. The van der Waals surface area contributed by atoms with Crippen LogP contribution in [0.1, 0.15) is 11.1 Å². The highest BCUT2D eigenvalue weighted by Gasteiger charge is 2.11. The second-order valence-corrected chi connectivity index (χ2v) is 4.19. The van der Waals surface area contributed by atoms with Crippen LogP contribution in [0.5, 0.6) is 5.75 Å². The molecule has 0 fully saturated rings. The molecule has 0 aliphatic carbocycles. The average Bonchev–Trinajstić information content (AvgIpc) is 2.35. The fourth-order valence-electron chi connectivity index (χ4n) is 1.49. The average molecular weight is 251 g/mol. The van der Waals surface area contributed by atoms with Crippen LogP contribution >= 0.6 is 11.6 Å². The maximum Gasteiger partial charge on any atom is 0.174 e. The Hall–Kier alpha value is -1.54. The summed E-state index contributed by atoms with van der Waals surface area (Å²) in [5.74, 6) is -0.274. The molecule has 0 aromatic heterocycles. The molecule has 0 radical (unpaired) electrons. The van der Waals surface area contributed by atoms with Crippen molar-refractivity contribution >= 4 is 11.6 Å². The molecule has 0 amide bonds. The predicted octanol–water partition coefficient (Wildman–Crippen LogP) is 4.37. The number of benzene rings is 2. The van der Waals surface area contributed by atoms with E-state index < -0.39 is 5.82 Å². The lowest BCUT2D eigenvalue weighted by Crippen LogP contribution is -1.99. The van der Waals surface area contributed by atoms with E-state index in [1.165, 1.54) is 0 Å². The van der Waals surface area contributed by atoms with Crippen molar-refractivity contribution in [2.45, 2.75) is 13.5 Å². The van der Waals surface area contributed by atoms with E-state index >= 15 is 0 Å². The lowest BCUT2D eigenvalue weighted by molar-refractivity contribution is 0.290. The van der Waals surface area contributed by atoms with Gasteiger partial charge in [-0.1, -0.05) is 48.0 Å². The summed E-state index contributed by atoms with van der Waals surface area (Å²) in [6, 6.07) is 12.8. The molecule has 2 aromatic carbocycles. The molecule has 0 atom stereocenters. The minimum absolute atomic E-state index is 0.121. The van der Waals surface area contributed by atoms with Gasteiger partial charge in [0, 0.05) is 0 Å². The van der Waals surface area contributed by atoms with E-state index in [1.807, 2.05) is 30.3 Å². The summed E-state index contributed by atoms with van der Waals surface area (Å²) in [4.78, 5) is 0. The Morgan fingerprint density at radius 2 is 1.82 bits per heavy atom. The molecule has 0 N–H and O–H groups in total. The van der Waals surface area contributed by atoms with Crippen molar-refractivity contribution in [1.82, 2.24) is 0 Å². The molecule has 0 spiro atoms. The molecular formula is C14H12ClFO. The van der Waals surface area contributed by atoms with Crippen LogP contribution in [0.25, 0.3) is 0 Å². The van der Waals surface area contributed by atoms with Gasteiger partial charge in [-0.15, -0.1) is 0 Å². The smallest absolute Gasteiger partial charge is 0.174 e. The fourth-order valence-corrected chi connectivity index (χ4v) is 1.69. The third-order valence-corrected chi connectivity index (χ3v) is 2.77. The minimum Gasteiger partial charge on any atom is -0.484 e. The van der Waals surface area contributed by atoms with Crippen LogP contribution in [0.4, 0.5) is 4.39 Å². The van der Waals surface area contributed by atoms with Crippen molar-refractivity contribution in [1.29, 1.82) is 0 Å². The number of aryl methyl sites for hydroxylation is 1. The lowest BCUT2D eigenvalue weighted by Gasteiger charge is -2.10. The van der Waals surface area contributed by atoms with Crippen molar-refractivity contribution in [3.63, 3.8) is 0 Å². The van der Waals surface area contributed by atoms with Gasteiger partial charge in [0.1, 0.15) is 6.61 Å². The van der Waals surface area contributed by atoms with Crippen LogP contribution in [-0.4, -0.2) is 0 Å². The van der Waals surface area contributed by atoms with Gasteiger partial charge >= 0.3 is 0 Å². The highest BCUT2D eigenvalue weighted by Crippen LogP contribution is 2.30. The van der Waals surface area contributed by atoms with Gasteiger partial charge in [0.25, 0.3) is 0 Å². The molecule has 0 aliphatic heterocycles. The monoisotopic (exact) mass is 250 g/mol. The molecule has 1 nitrogen and oxygen atoms in total. The zero-order chi connectivity index (χ0) is 12.3. The second kappa shape index (κ2) is 5.19. The largest absolute Gasteiger partial charge is 0.484 e. The summed E-state index contributed by atoms with van der Waals surface area (Å²) >= 11 is 5.90. The van der Waals surface area contributed by atoms with Gasteiger partial charge < -0.3 is 4.74 Å². The summed E-state index contributed by atoms with van der Waals surface area (Å²) in [6.07, 6.45) is 0. The molecular weight excluding hydrogens is 239 g/mol. The first-order chi connectivity index (χ1) is 8.18. The number of ether oxygens (including phenoxy) is 1. The van der Waals surface area contributed by atoms with Gasteiger partial charge in [-0.2, -0.15) is 0 Å². The highest BCUT2D eigenvalue weighted by molar-refractivity contribution is 6.32. The van der Waals surface area contributed by atoms with Gasteiger partial charge in [-0.3, -0.25) is 0 Å². The molecule has 0 heterocycles. The Morgan fingerprint density at radius 1 is 1.12 bits per heavy atom. The number of hydrogen-bond acceptors (Lipinski definition) is 1. The first-order valence-electron chi connectivity index (χ1n) is 5.30. The maximum absolute atomic E-state index is 13.8. The van der Waals surface area contributed by atoms with Crippen LogP contribution < -0.4 is 4.74 Å². The highest BCUT2D eigenvalue weighted by atomic mass is 35.5. The third-order valence-electron chi connectivity index (χ3n) is 2.47. The molecule has 3 heteroatoms. The van der Waals surface area contributed by atoms with Crippen LogP contribution in [0.15, 0.2) is 42.5 Å². The first-order valence-corrected chi connectivity index (χ1v) is 5.67. The molecule has 2 rings (SSSR count). The van der Waals surface area contributed by atoms with Crippen molar-refractivity contribution < 1.29 is 9.13 Å². The quantitative estimate of drug-likeness (QED) is 0.786. The summed E-state index contributed by atoms with van der Waals surface area (Å²) in [7, 11) is 0.